The van der Waals surface area contributed by atoms with Crippen molar-refractivity contribution in [1.29, 1.82) is 0 Å². The molecule has 0 unspecified atom stereocenters. The standard InChI is InChI=1S/C15H13F3N2O3/c1-22-8-3-6-12(23-2)9(7-8)15(21)20-19-11-5-4-10(16)13(17)14(11)18/h3-7,19H,1-2H3,(H,20,21). The van der Waals surface area contributed by atoms with E-state index >= 15 is 0 Å². The molecule has 0 bridgehead atoms. The van der Waals surface area contributed by atoms with Gasteiger partial charge >= 0.3 is 0 Å². The Balaban J connectivity index is 2.18. The van der Waals surface area contributed by atoms with Crippen molar-refractivity contribution in [1.82, 2.24) is 5.43 Å². The predicted molar refractivity (Wildman–Crippen MR) is 77.0 cm³/mol. The summed E-state index contributed by atoms with van der Waals surface area (Å²) in [5.41, 5.74) is 4.06. The summed E-state index contributed by atoms with van der Waals surface area (Å²) in [6, 6.07) is 6.22. The molecule has 2 aromatic rings. The lowest BCUT2D eigenvalue weighted by Gasteiger charge is -2.13. The second-order valence-electron chi connectivity index (χ2n) is 4.37. The van der Waals surface area contributed by atoms with Gasteiger partial charge in [-0.2, -0.15) is 0 Å². The summed E-state index contributed by atoms with van der Waals surface area (Å²) in [5.74, 6) is -4.41. The summed E-state index contributed by atoms with van der Waals surface area (Å²) < 4.78 is 49.5. The lowest BCUT2D eigenvalue weighted by Crippen LogP contribution is -2.30. The number of nitrogens with one attached hydrogen (secondary N) is 2. The van der Waals surface area contributed by atoms with Crippen molar-refractivity contribution in [3.05, 3.63) is 53.3 Å². The zero-order valence-electron chi connectivity index (χ0n) is 12.2. The van der Waals surface area contributed by atoms with Gasteiger partial charge in [0.05, 0.1) is 25.5 Å². The van der Waals surface area contributed by atoms with E-state index in [2.05, 4.69) is 10.9 Å². The van der Waals surface area contributed by atoms with Gasteiger partial charge in [-0.15, -0.1) is 0 Å². The SMILES string of the molecule is COc1ccc(OC)c(C(=O)NNc2ccc(F)c(F)c2F)c1. The summed E-state index contributed by atoms with van der Waals surface area (Å²) in [6.45, 7) is 0. The first-order valence-electron chi connectivity index (χ1n) is 6.39. The molecule has 2 N–H and O–H groups in total. The van der Waals surface area contributed by atoms with E-state index in [1.54, 1.807) is 6.07 Å². The van der Waals surface area contributed by atoms with E-state index in [0.717, 1.165) is 12.1 Å². The minimum atomic E-state index is -1.64. The number of carbonyl (C=O) groups excluding carboxylic acids is 1. The van der Waals surface area contributed by atoms with Crippen LogP contribution in [0.3, 0.4) is 0 Å². The van der Waals surface area contributed by atoms with Crippen LogP contribution in [0.4, 0.5) is 18.9 Å². The monoisotopic (exact) mass is 326 g/mol. The maximum absolute atomic E-state index is 13.5. The number of rotatable bonds is 5. The second kappa shape index (κ2) is 6.91. The molecular formula is C15H13F3N2O3. The van der Waals surface area contributed by atoms with Gasteiger partial charge in [0.2, 0.25) is 0 Å². The molecule has 23 heavy (non-hydrogen) atoms. The van der Waals surface area contributed by atoms with Gasteiger partial charge in [-0.05, 0) is 30.3 Å². The zero-order chi connectivity index (χ0) is 17.0. The van der Waals surface area contributed by atoms with Crippen molar-refractivity contribution in [2.45, 2.75) is 0 Å². The molecule has 2 aromatic carbocycles. The number of carbonyl (C=O) groups is 1. The molecule has 2 rings (SSSR count). The molecule has 0 fully saturated rings. The molecule has 0 spiro atoms. The highest BCUT2D eigenvalue weighted by Crippen LogP contribution is 2.24. The number of hydrogen-bond acceptors (Lipinski definition) is 4. The molecule has 0 saturated heterocycles. The minimum absolute atomic E-state index is 0.113. The Labute approximate surface area is 130 Å². The Bertz CT molecular complexity index is 738. The van der Waals surface area contributed by atoms with Crippen LogP contribution in [0.25, 0.3) is 0 Å². The van der Waals surface area contributed by atoms with E-state index in [1.165, 1.54) is 26.4 Å². The van der Waals surface area contributed by atoms with Crippen LogP contribution in [-0.4, -0.2) is 20.1 Å². The van der Waals surface area contributed by atoms with E-state index in [-0.39, 0.29) is 11.3 Å². The molecule has 8 heteroatoms. The molecule has 0 aromatic heterocycles. The first kappa shape index (κ1) is 16.5. The van der Waals surface area contributed by atoms with Gasteiger partial charge in [-0.25, -0.2) is 13.2 Å². The fourth-order valence-corrected chi connectivity index (χ4v) is 1.81. The highest BCUT2D eigenvalue weighted by atomic mass is 19.2. The number of ether oxygens (including phenoxy) is 2. The van der Waals surface area contributed by atoms with Gasteiger partial charge in [0.25, 0.3) is 5.91 Å². The first-order valence-corrected chi connectivity index (χ1v) is 6.39. The molecule has 0 saturated carbocycles. The van der Waals surface area contributed by atoms with Crippen LogP contribution in [0.15, 0.2) is 30.3 Å². The molecular weight excluding hydrogens is 313 g/mol. The van der Waals surface area contributed by atoms with E-state index in [0.29, 0.717) is 5.75 Å². The van der Waals surface area contributed by atoms with Crippen LogP contribution in [0, 0.1) is 17.5 Å². The van der Waals surface area contributed by atoms with Crippen LogP contribution in [0.2, 0.25) is 0 Å². The average molecular weight is 326 g/mol. The van der Waals surface area contributed by atoms with Gasteiger partial charge < -0.3 is 9.47 Å². The number of hydrogen-bond donors (Lipinski definition) is 2. The Morgan fingerprint density at radius 3 is 2.39 bits per heavy atom. The topological polar surface area (TPSA) is 59.6 Å². The van der Waals surface area contributed by atoms with Gasteiger partial charge in [-0.3, -0.25) is 15.6 Å². The molecule has 1 amide bonds. The lowest BCUT2D eigenvalue weighted by atomic mass is 10.2. The molecule has 0 aliphatic rings. The highest BCUT2D eigenvalue weighted by Gasteiger charge is 2.16. The van der Waals surface area contributed by atoms with Crippen molar-refractivity contribution < 1.29 is 27.4 Å². The van der Waals surface area contributed by atoms with Crippen LogP contribution < -0.4 is 20.3 Å². The quantitative estimate of drug-likeness (QED) is 0.655. The molecule has 122 valence electrons. The number of methoxy groups -OCH3 is 2. The normalized spacial score (nSPS) is 10.1. The summed E-state index contributed by atoms with van der Waals surface area (Å²) in [7, 11) is 2.81. The number of anilines is 1. The highest BCUT2D eigenvalue weighted by molar-refractivity contribution is 5.98. The van der Waals surface area contributed by atoms with Gasteiger partial charge in [0.1, 0.15) is 11.5 Å². The Morgan fingerprint density at radius 1 is 1.00 bits per heavy atom. The molecule has 0 radical (unpaired) electrons. The summed E-state index contributed by atoms with van der Waals surface area (Å²) in [5, 5.41) is 0. The minimum Gasteiger partial charge on any atom is -0.497 e. The third kappa shape index (κ3) is 3.47. The summed E-state index contributed by atoms with van der Waals surface area (Å²) in [4.78, 5) is 12.1. The predicted octanol–water partition coefficient (Wildman–Crippen LogP) is 2.88. The van der Waals surface area contributed by atoms with Crippen LogP contribution in [0.1, 0.15) is 10.4 Å². The van der Waals surface area contributed by atoms with Crippen LogP contribution in [-0.2, 0) is 0 Å². The van der Waals surface area contributed by atoms with Gasteiger partial charge in [-0.1, -0.05) is 0 Å². The van der Waals surface area contributed by atoms with E-state index in [4.69, 9.17) is 9.47 Å². The van der Waals surface area contributed by atoms with Crippen molar-refractivity contribution in [2.24, 2.45) is 0 Å². The van der Waals surface area contributed by atoms with Crippen molar-refractivity contribution in [3.8, 4) is 11.5 Å². The molecule has 0 aliphatic carbocycles. The first-order chi connectivity index (χ1) is 11.0. The van der Waals surface area contributed by atoms with Crippen LogP contribution >= 0.6 is 0 Å². The van der Waals surface area contributed by atoms with Crippen molar-refractivity contribution >= 4 is 11.6 Å². The van der Waals surface area contributed by atoms with Crippen LogP contribution in [0.5, 0.6) is 11.5 Å². The number of halogens is 3. The Kier molecular flexibility index (Phi) is 4.95. The second-order valence-corrected chi connectivity index (χ2v) is 4.37. The van der Waals surface area contributed by atoms with Gasteiger partial charge in [0, 0.05) is 0 Å². The maximum atomic E-state index is 13.5. The van der Waals surface area contributed by atoms with E-state index in [1.807, 2.05) is 0 Å². The zero-order valence-corrected chi connectivity index (χ0v) is 12.2. The summed E-state index contributed by atoms with van der Waals surface area (Å²) in [6.07, 6.45) is 0. The van der Waals surface area contributed by atoms with E-state index in [9.17, 15) is 18.0 Å². The molecule has 0 atom stereocenters. The average Bonchev–Trinajstić information content (AvgIpc) is 2.58. The van der Waals surface area contributed by atoms with E-state index < -0.39 is 29.0 Å². The fraction of sp³-hybridized carbons (Fsp3) is 0.133. The van der Waals surface area contributed by atoms with Crippen molar-refractivity contribution in [2.75, 3.05) is 19.6 Å². The lowest BCUT2D eigenvalue weighted by molar-refractivity contribution is 0.0959. The number of hydrazine groups is 1. The van der Waals surface area contributed by atoms with Crippen molar-refractivity contribution in [3.63, 3.8) is 0 Å². The smallest absolute Gasteiger partial charge is 0.273 e. The summed E-state index contributed by atoms with van der Waals surface area (Å²) >= 11 is 0. The third-order valence-corrected chi connectivity index (χ3v) is 3.00. The molecule has 5 nitrogen and oxygen atoms in total. The Hall–Kier alpha value is -2.90. The largest absolute Gasteiger partial charge is 0.497 e. The molecule has 0 heterocycles. The fourth-order valence-electron chi connectivity index (χ4n) is 1.81. The number of benzene rings is 2. The Morgan fingerprint density at radius 2 is 1.74 bits per heavy atom. The number of amides is 1. The van der Waals surface area contributed by atoms with Gasteiger partial charge in [0.15, 0.2) is 17.5 Å². The maximum Gasteiger partial charge on any atom is 0.273 e. The third-order valence-electron chi connectivity index (χ3n) is 3.00. The molecule has 0 aliphatic heterocycles.